The molecule has 148 valence electrons. The van der Waals surface area contributed by atoms with Crippen molar-refractivity contribution in [2.75, 3.05) is 7.11 Å². The van der Waals surface area contributed by atoms with E-state index in [9.17, 15) is 0 Å². The summed E-state index contributed by atoms with van der Waals surface area (Å²) in [5.74, 6) is 1.33. The van der Waals surface area contributed by atoms with Gasteiger partial charge in [0.25, 0.3) is 0 Å². The number of hydrazone groups is 1. The number of thiocarbonyl (C=S) groups is 1. The lowest BCUT2D eigenvalue weighted by Gasteiger charge is -2.11. The normalized spacial score (nSPS) is 10.5. The van der Waals surface area contributed by atoms with Gasteiger partial charge in [-0.05, 0) is 47.1 Å². The zero-order chi connectivity index (χ0) is 20.3. The van der Waals surface area contributed by atoms with Crippen molar-refractivity contribution < 1.29 is 9.47 Å². The van der Waals surface area contributed by atoms with Crippen LogP contribution in [0.4, 0.5) is 0 Å². The van der Waals surface area contributed by atoms with Crippen molar-refractivity contribution in [3.05, 3.63) is 95.6 Å². The maximum atomic E-state index is 5.87. The minimum Gasteiger partial charge on any atom is -0.493 e. The van der Waals surface area contributed by atoms with E-state index in [2.05, 4.69) is 15.8 Å². The monoisotopic (exact) mass is 405 g/mol. The molecule has 2 N–H and O–H groups in total. The quantitative estimate of drug-likeness (QED) is 0.333. The summed E-state index contributed by atoms with van der Waals surface area (Å²) in [6.07, 6.45) is 1.68. The van der Waals surface area contributed by atoms with Gasteiger partial charge in [-0.3, -0.25) is 5.43 Å². The highest BCUT2D eigenvalue weighted by atomic mass is 32.1. The number of benzene rings is 3. The molecule has 6 heteroatoms. The molecule has 0 saturated heterocycles. The molecule has 3 aromatic rings. The van der Waals surface area contributed by atoms with Gasteiger partial charge in [0.1, 0.15) is 6.61 Å². The van der Waals surface area contributed by atoms with Crippen molar-refractivity contribution in [1.82, 2.24) is 10.7 Å². The molecule has 0 saturated carbocycles. The Morgan fingerprint density at radius 2 is 1.62 bits per heavy atom. The first-order valence-corrected chi connectivity index (χ1v) is 9.61. The lowest BCUT2D eigenvalue weighted by atomic mass is 10.2. The summed E-state index contributed by atoms with van der Waals surface area (Å²) < 4.78 is 11.3. The molecule has 0 amide bonds. The average molecular weight is 406 g/mol. The van der Waals surface area contributed by atoms with Gasteiger partial charge in [-0.25, -0.2) is 0 Å². The number of rotatable bonds is 8. The summed E-state index contributed by atoms with van der Waals surface area (Å²) >= 11 is 5.24. The van der Waals surface area contributed by atoms with Crippen LogP contribution in [0.1, 0.15) is 16.7 Å². The Labute approximate surface area is 176 Å². The van der Waals surface area contributed by atoms with E-state index in [1.165, 1.54) is 0 Å². The zero-order valence-electron chi connectivity index (χ0n) is 16.2. The first kappa shape index (κ1) is 20.4. The van der Waals surface area contributed by atoms with E-state index in [1.54, 1.807) is 13.3 Å². The summed E-state index contributed by atoms with van der Waals surface area (Å²) in [6, 6.07) is 25.7. The summed E-state index contributed by atoms with van der Waals surface area (Å²) in [4.78, 5) is 0. The Morgan fingerprint density at radius 3 is 2.31 bits per heavy atom. The molecule has 0 aliphatic carbocycles. The van der Waals surface area contributed by atoms with Crippen LogP contribution in [0, 0.1) is 0 Å². The van der Waals surface area contributed by atoms with Crippen molar-refractivity contribution in [1.29, 1.82) is 0 Å². The number of nitrogens with zero attached hydrogens (tertiary/aromatic N) is 1. The van der Waals surface area contributed by atoms with E-state index in [1.807, 2.05) is 78.9 Å². The Hall–Kier alpha value is -3.38. The summed E-state index contributed by atoms with van der Waals surface area (Å²) in [5.41, 5.74) is 5.93. The Bertz CT molecular complexity index is 947. The SMILES string of the molecule is COc1cc(/C=N\NC(=S)NCc2ccccc2)ccc1OCc1ccccc1. The van der Waals surface area contributed by atoms with Crippen LogP contribution in [-0.2, 0) is 13.2 Å². The number of nitrogens with one attached hydrogen (secondary N) is 2. The van der Waals surface area contributed by atoms with Crippen LogP contribution in [0.25, 0.3) is 0 Å². The highest BCUT2D eigenvalue weighted by Gasteiger charge is 2.05. The molecule has 3 rings (SSSR count). The summed E-state index contributed by atoms with van der Waals surface area (Å²) in [6.45, 7) is 1.12. The Kier molecular flexibility index (Phi) is 7.60. The molecule has 29 heavy (non-hydrogen) atoms. The maximum Gasteiger partial charge on any atom is 0.187 e. The second kappa shape index (κ2) is 10.8. The highest BCUT2D eigenvalue weighted by molar-refractivity contribution is 7.80. The molecule has 0 bridgehead atoms. The fraction of sp³-hybridized carbons (Fsp3) is 0.130. The average Bonchev–Trinajstić information content (AvgIpc) is 2.78. The van der Waals surface area contributed by atoms with Crippen LogP contribution in [0.3, 0.4) is 0 Å². The number of hydrogen-bond acceptors (Lipinski definition) is 4. The van der Waals surface area contributed by atoms with Crippen molar-refractivity contribution in [2.24, 2.45) is 5.10 Å². The lowest BCUT2D eigenvalue weighted by Crippen LogP contribution is -2.31. The van der Waals surface area contributed by atoms with Crippen LogP contribution < -0.4 is 20.2 Å². The van der Waals surface area contributed by atoms with E-state index in [0.717, 1.165) is 16.7 Å². The third-order valence-electron chi connectivity index (χ3n) is 4.10. The molecular formula is C23H23N3O2S. The molecule has 0 heterocycles. The second-order valence-corrected chi connectivity index (χ2v) is 6.63. The molecule has 0 atom stereocenters. The summed E-state index contributed by atoms with van der Waals surface area (Å²) in [7, 11) is 1.62. The van der Waals surface area contributed by atoms with Crippen LogP contribution in [-0.4, -0.2) is 18.4 Å². The predicted octanol–water partition coefficient (Wildman–Crippen LogP) is 4.27. The van der Waals surface area contributed by atoms with E-state index in [0.29, 0.717) is 29.8 Å². The predicted molar refractivity (Wildman–Crippen MR) is 120 cm³/mol. The molecule has 0 aliphatic heterocycles. The first-order valence-electron chi connectivity index (χ1n) is 9.20. The number of hydrogen-bond donors (Lipinski definition) is 2. The maximum absolute atomic E-state index is 5.87. The van der Waals surface area contributed by atoms with E-state index < -0.39 is 0 Å². The smallest absolute Gasteiger partial charge is 0.187 e. The van der Waals surface area contributed by atoms with Crippen LogP contribution in [0.2, 0.25) is 0 Å². The van der Waals surface area contributed by atoms with Gasteiger partial charge in [-0.15, -0.1) is 0 Å². The first-order chi connectivity index (χ1) is 14.2. The molecule has 0 unspecified atom stereocenters. The molecule has 0 fully saturated rings. The molecule has 0 spiro atoms. The van der Waals surface area contributed by atoms with Gasteiger partial charge in [-0.1, -0.05) is 60.7 Å². The van der Waals surface area contributed by atoms with Crippen molar-refractivity contribution in [2.45, 2.75) is 13.2 Å². The highest BCUT2D eigenvalue weighted by Crippen LogP contribution is 2.28. The van der Waals surface area contributed by atoms with Crippen LogP contribution >= 0.6 is 12.2 Å². The second-order valence-electron chi connectivity index (χ2n) is 6.22. The summed E-state index contributed by atoms with van der Waals surface area (Å²) in [5, 5.41) is 7.75. The fourth-order valence-electron chi connectivity index (χ4n) is 2.60. The topological polar surface area (TPSA) is 54.9 Å². The van der Waals surface area contributed by atoms with Gasteiger partial charge in [-0.2, -0.15) is 5.10 Å². The molecule has 0 aromatic heterocycles. The largest absolute Gasteiger partial charge is 0.493 e. The Balaban J connectivity index is 1.51. The third-order valence-corrected chi connectivity index (χ3v) is 4.34. The van der Waals surface area contributed by atoms with Gasteiger partial charge in [0.2, 0.25) is 0 Å². The Morgan fingerprint density at radius 1 is 0.931 bits per heavy atom. The molecular weight excluding hydrogens is 382 g/mol. The van der Waals surface area contributed by atoms with E-state index in [4.69, 9.17) is 21.7 Å². The lowest BCUT2D eigenvalue weighted by molar-refractivity contribution is 0.284. The van der Waals surface area contributed by atoms with Crippen LogP contribution in [0.15, 0.2) is 84.0 Å². The van der Waals surface area contributed by atoms with Gasteiger partial charge >= 0.3 is 0 Å². The zero-order valence-corrected chi connectivity index (χ0v) is 17.0. The molecule has 0 radical (unpaired) electrons. The van der Waals surface area contributed by atoms with E-state index in [-0.39, 0.29) is 0 Å². The van der Waals surface area contributed by atoms with Crippen molar-refractivity contribution in [3.63, 3.8) is 0 Å². The van der Waals surface area contributed by atoms with Crippen molar-refractivity contribution in [3.8, 4) is 11.5 Å². The number of methoxy groups -OCH3 is 1. The molecule has 5 nitrogen and oxygen atoms in total. The van der Waals surface area contributed by atoms with Gasteiger partial charge < -0.3 is 14.8 Å². The van der Waals surface area contributed by atoms with Gasteiger partial charge in [0.05, 0.1) is 13.3 Å². The number of ether oxygens (including phenoxy) is 2. The molecule has 0 aliphatic rings. The fourth-order valence-corrected chi connectivity index (χ4v) is 2.73. The van der Waals surface area contributed by atoms with Gasteiger partial charge in [0.15, 0.2) is 16.6 Å². The van der Waals surface area contributed by atoms with E-state index >= 15 is 0 Å². The minimum atomic E-state index is 0.458. The van der Waals surface area contributed by atoms with Gasteiger partial charge in [0, 0.05) is 6.54 Å². The van der Waals surface area contributed by atoms with Crippen LogP contribution in [0.5, 0.6) is 11.5 Å². The standard InChI is InChI=1S/C23H23N3O2S/c1-27-22-14-20(12-13-21(22)28-17-19-10-6-3-7-11-19)16-25-26-23(29)24-15-18-8-4-2-5-9-18/h2-14,16H,15,17H2,1H3,(H2,24,26,29)/b25-16-. The molecule has 3 aromatic carbocycles. The third kappa shape index (κ3) is 6.62. The van der Waals surface area contributed by atoms with Crippen molar-refractivity contribution >= 4 is 23.5 Å². The minimum absolute atomic E-state index is 0.458.